The molecule has 1 fully saturated rings. The maximum Gasteiger partial charge on any atom is 0.0108 e. The fraction of sp³-hybridized carbons (Fsp3) is 0.667. The maximum atomic E-state index is 3.91. The Morgan fingerprint density at radius 2 is 2.00 bits per heavy atom. The first-order chi connectivity index (χ1) is 9.88. The van der Waals surface area contributed by atoms with Gasteiger partial charge in [-0.15, -0.1) is 11.8 Å². The van der Waals surface area contributed by atoms with E-state index < -0.39 is 0 Å². The zero-order chi connectivity index (χ0) is 13.8. The highest BCUT2D eigenvalue weighted by molar-refractivity contribution is 7.99. The lowest BCUT2D eigenvalue weighted by molar-refractivity contribution is 0.261. The summed E-state index contributed by atoms with van der Waals surface area (Å²) >= 11 is 2.03. The van der Waals surface area contributed by atoms with Crippen molar-refractivity contribution >= 4 is 11.8 Å². The molecule has 1 aliphatic carbocycles. The lowest BCUT2D eigenvalue weighted by Crippen LogP contribution is -2.39. The van der Waals surface area contributed by atoms with Gasteiger partial charge in [0, 0.05) is 29.2 Å². The Morgan fingerprint density at radius 1 is 1.20 bits per heavy atom. The van der Waals surface area contributed by atoms with E-state index in [1.54, 1.807) is 5.56 Å². The number of fused-ring (bicyclic) bond motifs is 1. The Bertz CT molecular complexity index is 425. The molecule has 3 rings (SSSR count). The van der Waals surface area contributed by atoms with Crippen molar-refractivity contribution in [3.05, 3.63) is 29.8 Å². The molecule has 1 nitrogen and oxygen atoms in total. The molecule has 0 bridgehead atoms. The lowest BCUT2D eigenvalue weighted by atomic mass is 9.82. The molecule has 1 aliphatic heterocycles. The van der Waals surface area contributed by atoms with Gasteiger partial charge in [-0.25, -0.2) is 0 Å². The van der Waals surface area contributed by atoms with E-state index in [1.807, 2.05) is 11.8 Å². The van der Waals surface area contributed by atoms with Crippen molar-refractivity contribution in [2.45, 2.75) is 62.3 Å². The predicted molar refractivity (Wildman–Crippen MR) is 88.6 cm³/mol. The number of hydrogen-bond donors (Lipinski definition) is 1. The second-order valence-electron chi connectivity index (χ2n) is 6.37. The third kappa shape index (κ3) is 3.23. The van der Waals surface area contributed by atoms with E-state index in [1.165, 1.54) is 55.7 Å². The molecule has 0 saturated heterocycles. The minimum atomic E-state index is 0.717. The van der Waals surface area contributed by atoms with Crippen LogP contribution in [0.15, 0.2) is 29.2 Å². The summed E-state index contributed by atoms with van der Waals surface area (Å²) in [6.45, 7) is 3.52. The highest BCUT2D eigenvalue weighted by Gasteiger charge is 2.26. The normalized spacial score (nSPS) is 24.6. The van der Waals surface area contributed by atoms with Gasteiger partial charge in [0.15, 0.2) is 0 Å². The highest BCUT2D eigenvalue weighted by atomic mass is 32.2. The quantitative estimate of drug-likeness (QED) is 0.833. The zero-order valence-electron chi connectivity index (χ0n) is 12.6. The molecule has 110 valence electrons. The van der Waals surface area contributed by atoms with Gasteiger partial charge >= 0.3 is 0 Å². The minimum Gasteiger partial charge on any atom is -0.313 e. The molecule has 2 aliphatic rings. The molecule has 0 aromatic heterocycles. The largest absolute Gasteiger partial charge is 0.313 e. The van der Waals surface area contributed by atoms with Crippen LogP contribution in [0.5, 0.6) is 0 Å². The molecule has 2 heteroatoms. The number of hydrogen-bond acceptors (Lipinski definition) is 2. The molecular weight excluding hydrogens is 262 g/mol. The summed E-state index contributed by atoms with van der Waals surface area (Å²) in [4.78, 5) is 1.50. The van der Waals surface area contributed by atoms with Crippen molar-refractivity contribution < 1.29 is 0 Å². The number of nitrogens with one attached hydrogen (secondary N) is 1. The topological polar surface area (TPSA) is 12.0 Å². The molecular formula is C18H27NS. The molecule has 0 amide bonds. The van der Waals surface area contributed by atoms with E-state index in [0.29, 0.717) is 5.92 Å². The van der Waals surface area contributed by atoms with Crippen LogP contribution in [0.4, 0.5) is 0 Å². The molecule has 1 N–H and O–H groups in total. The second-order valence-corrected chi connectivity index (χ2v) is 7.43. The average molecular weight is 289 g/mol. The van der Waals surface area contributed by atoms with Gasteiger partial charge in [0.2, 0.25) is 0 Å². The van der Waals surface area contributed by atoms with E-state index in [0.717, 1.165) is 12.0 Å². The Kier molecular flexibility index (Phi) is 5.06. The predicted octanol–water partition coefficient (Wildman–Crippen LogP) is 4.82. The van der Waals surface area contributed by atoms with Crippen LogP contribution in [-0.2, 0) is 0 Å². The summed E-state index contributed by atoms with van der Waals surface area (Å²) in [6, 6.07) is 9.70. The molecule has 1 saturated carbocycles. The fourth-order valence-electron chi connectivity index (χ4n) is 3.87. The van der Waals surface area contributed by atoms with Crippen LogP contribution in [0.3, 0.4) is 0 Å². The monoisotopic (exact) mass is 289 g/mol. The Balaban J connectivity index is 1.56. The molecule has 2 unspecified atom stereocenters. The molecule has 0 spiro atoms. The summed E-state index contributed by atoms with van der Waals surface area (Å²) in [7, 11) is 0. The summed E-state index contributed by atoms with van der Waals surface area (Å²) in [5.74, 6) is 2.90. The van der Waals surface area contributed by atoms with Gasteiger partial charge in [0.05, 0.1) is 0 Å². The van der Waals surface area contributed by atoms with Crippen LogP contribution in [0, 0.1) is 5.92 Å². The SMILES string of the molecule is CCC(NCC1CSc2ccccc21)C1CCCCC1. The number of thioether (sulfide) groups is 1. The zero-order valence-corrected chi connectivity index (χ0v) is 13.4. The smallest absolute Gasteiger partial charge is 0.0108 e. The van der Waals surface area contributed by atoms with Crippen LogP contribution in [0.2, 0.25) is 0 Å². The van der Waals surface area contributed by atoms with Gasteiger partial charge in [-0.05, 0) is 36.8 Å². The summed E-state index contributed by atoms with van der Waals surface area (Å²) < 4.78 is 0. The van der Waals surface area contributed by atoms with E-state index >= 15 is 0 Å². The Hall–Kier alpha value is -0.470. The van der Waals surface area contributed by atoms with Crippen LogP contribution in [0.1, 0.15) is 56.9 Å². The third-order valence-electron chi connectivity index (χ3n) is 5.08. The molecule has 1 aromatic rings. The van der Waals surface area contributed by atoms with E-state index in [-0.39, 0.29) is 0 Å². The highest BCUT2D eigenvalue weighted by Crippen LogP contribution is 2.39. The van der Waals surface area contributed by atoms with Crippen molar-refractivity contribution in [2.75, 3.05) is 12.3 Å². The molecule has 2 atom stereocenters. The van der Waals surface area contributed by atoms with Crippen molar-refractivity contribution in [3.63, 3.8) is 0 Å². The van der Waals surface area contributed by atoms with Gasteiger partial charge in [-0.2, -0.15) is 0 Å². The Labute approximate surface area is 127 Å². The minimum absolute atomic E-state index is 0.717. The lowest BCUT2D eigenvalue weighted by Gasteiger charge is -2.31. The first-order valence-electron chi connectivity index (χ1n) is 8.33. The third-order valence-corrected chi connectivity index (χ3v) is 6.34. The van der Waals surface area contributed by atoms with Gasteiger partial charge in [-0.3, -0.25) is 0 Å². The van der Waals surface area contributed by atoms with Gasteiger partial charge in [-0.1, -0.05) is 44.4 Å². The van der Waals surface area contributed by atoms with Gasteiger partial charge in [0.25, 0.3) is 0 Å². The van der Waals surface area contributed by atoms with Crippen molar-refractivity contribution in [1.82, 2.24) is 5.32 Å². The van der Waals surface area contributed by atoms with Crippen LogP contribution >= 0.6 is 11.8 Å². The van der Waals surface area contributed by atoms with Crippen LogP contribution < -0.4 is 5.32 Å². The fourth-order valence-corrected chi connectivity index (χ4v) is 5.13. The molecule has 20 heavy (non-hydrogen) atoms. The molecule has 1 heterocycles. The average Bonchev–Trinajstić information content (AvgIpc) is 2.92. The van der Waals surface area contributed by atoms with Crippen LogP contribution in [-0.4, -0.2) is 18.3 Å². The first kappa shape index (κ1) is 14.5. The van der Waals surface area contributed by atoms with Crippen LogP contribution in [0.25, 0.3) is 0 Å². The summed E-state index contributed by atoms with van der Waals surface area (Å²) in [5.41, 5.74) is 1.57. The van der Waals surface area contributed by atoms with E-state index in [9.17, 15) is 0 Å². The summed E-state index contributed by atoms with van der Waals surface area (Å²) in [5, 5.41) is 3.91. The van der Waals surface area contributed by atoms with E-state index in [4.69, 9.17) is 0 Å². The molecule has 1 aromatic carbocycles. The van der Waals surface area contributed by atoms with Gasteiger partial charge in [0.1, 0.15) is 0 Å². The van der Waals surface area contributed by atoms with Crippen molar-refractivity contribution in [1.29, 1.82) is 0 Å². The standard InChI is InChI=1S/C18H27NS/c1-2-17(14-8-4-3-5-9-14)19-12-15-13-20-18-11-7-6-10-16(15)18/h6-7,10-11,14-15,17,19H,2-5,8-9,12-13H2,1H3. The first-order valence-corrected chi connectivity index (χ1v) is 9.32. The molecule has 0 radical (unpaired) electrons. The van der Waals surface area contributed by atoms with Crippen molar-refractivity contribution in [2.24, 2.45) is 5.92 Å². The van der Waals surface area contributed by atoms with Crippen molar-refractivity contribution in [3.8, 4) is 0 Å². The van der Waals surface area contributed by atoms with Gasteiger partial charge < -0.3 is 5.32 Å². The van der Waals surface area contributed by atoms with E-state index in [2.05, 4.69) is 36.5 Å². The number of rotatable bonds is 5. The second kappa shape index (κ2) is 7.00. The summed E-state index contributed by atoms with van der Waals surface area (Å²) in [6.07, 6.45) is 8.53. The number of benzene rings is 1. The maximum absolute atomic E-state index is 3.91. The Morgan fingerprint density at radius 3 is 2.80 bits per heavy atom.